The number of rotatable bonds is 3. The second kappa shape index (κ2) is 5.20. The molecule has 0 aliphatic carbocycles. The summed E-state index contributed by atoms with van der Waals surface area (Å²) >= 11 is 3.37. The largest absolute Gasteiger partial charge is 0.573 e. The summed E-state index contributed by atoms with van der Waals surface area (Å²) in [6.45, 7) is 1.88. The molecule has 0 amide bonds. The molecule has 0 saturated heterocycles. The topological polar surface area (TPSA) is 39.9 Å². The molecule has 0 radical (unpaired) electrons. The average molecular weight is 336 g/mol. The van der Waals surface area contributed by atoms with Gasteiger partial charge in [-0.15, -0.1) is 13.2 Å². The first-order valence-electron chi connectivity index (χ1n) is 5.27. The molecule has 8 heteroatoms. The predicted octanol–water partition coefficient (Wildman–Crippen LogP) is 3.62. The molecule has 0 bridgehead atoms. The van der Waals surface area contributed by atoms with Crippen molar-refractivity contribution in [3.05, 3.63) is 36.4 Å². The summed E-state index contributed by atoms with van der Waals surface area (Å²) in [7, 11) is 0. The maximum Gasteiger partial charge on any atom is 0.573 e. The molecular weight excluding hydrogens is 327 g/mol. The Balaban J connectivity index is 2.25. The normalized spacial score (nSPS) is 13.3. The van der Waals surface area contributed by atoms with E-state index in [1.54, 1.807) is 0 Å². The smallest absolute Gasteiger partial charge is 0.406 e. The fourth-order valence-electron chi connectivity index (χ4n) is 1.51. The molecule has 102 valence electrons. The summed E-state index contributed by atoms with van der Waals surface area (Å²) in [5.74, 6) is 0.384. The monoisotopic (exact) mass is 335 g/mol. The van der Waals surface area contributed by atoms with E-state index in [9.17, 15) is 13.2 Å². The number of hydrogen-bond donors (Lipinski definition) is 0. The van der Waals surface area contributed by atoms with Gasteiger partial charge in [-0.1, -0.05) is 15.9 Å². The number of benzene rings is 1. The van der Waals surface area contributed by atoms with E-state index < -0.39 is 6.36 Å². The standard InChI is InChI=1S/C11H9BrF3N3O/c1-7(12)10-16-6-17-18(10)8-2-4-9(5-3-8)19-11(13,14)15/h2-7H,1H3. The molecule has 0 N–H and O–H groups in total. The van der Waals surface area contributed by atoms with E-state index >= 15 is 0 Å². The predicted molar refractivity (Wildman–Crippen MR) is 65.4 cm³/mol. The van der Waals surface area contributed by atoms with Crippen molar-refractivity contribution in [2.24, 2.45) is 0 Å². The Hall–Kier alpha value is -1.57. The molecule has 4 nitrogen and oxygen atoms in total. The maximum atomic E-state index is 12.0. The maximum absolute atomic E-state index is 12.0. The zero-order chi connectivity index (χ0) is 14.0. The minimum absolute atomic E-state index is 0.0268. The zero-order valence-electron chi connectivity index (χ0n) is 9.73. The van der Waals surface area contributed by atoms with Crippen LogP contribution in [-0.4, -0.2) is 21.1 Å². The SMILES string of the molecule is CC(Br)c1ncnn1-c1ccc(OC(F)(F)F)cc1. The van der Waals surface area contributed by atoms with Crippen molar-refractivity contribution in [2.45, 2.75) is 18.1 Å². The van der Waals surface area contributed by atoms with Crippen molar-refractivity contribution in [3.8, 4) is 11.4 Å². The number of alkyl halides is 4. The van der Waals surface area contributed by atoms with E-state index in [1.807, 2.05) is 6.92 Å². The number of aromatic nitrogens is 3. The third-order valence-corrected chi connectivity index (χ3v) is 2.65. The lowest BCUT2D eigenvalue weighted by atomic mass is 10.3. The highest BCUT2D eigenvalue weighted by atomic mass is 79.9. The first-order valence-corrected chi connectivity index (χ1v) is 6.18. The summed E-state index contributed by atoms with van der Waals surface area (Å²) in [5, 5.41) is 4.02. The van der Waals surface area contributed by atoms with E-state index in [4.69, 9.17) is 0 Å². The lowest BCUT2D eigenvalue weighted by molar-refractivity contribution is -0.274. The van der Waals surface area contributed by atoms with Crippen molar-refractivity contribution in [1.29, 1.82) is 0 Å². The molecular formula is C11H9BrF3N3O. The fraction of sp³-hybridized carbons (Fsp3) is 0.273. The van der Waals surface area contributed by atoms with Crippen LogP contribution in [0.3, 0.4) is 0 Å². The molecule has 0 spiro atoms. The highest BCUT2D eigenvalue weighted by Crippen LogP contribution is 2.25. The Morgan fingerprint density at radius 2 is 1.89 bits per heavy atom. The average Bonchev–Trinajstić information content (AvgIpc) is 2.76. The molecule has 0 aliphatic rings. The third kappa shape index (κ3) is 3.46. The van der Waals surface area contributed by atoms with E-state index in [-0.39, 0.29) is 10.6 Å². The van der Waals surface area contributed by atoms with Gasteiger partial charge in [-0.3, -0.25) is 0 Å². The van der Waals surface area contributed by atoms with Gasteiger partial charge in [0.15, 0.2) is 0 Å². The highest BCUT2D eigenvalue weighted by molar-refractivity contribution is 9.09. The molecule has 1 aromatic carbocycles. The zero-order valence-corrected chi connectivity index (χ0v) is 11.3. The third-order valence-electron chi connectivity index (χ3n) is 2.24. The number of ether oxygens (including phenoxy) is 1. The second-order valence-electron chi connectivity index (χ2n) is 3.69. The molecule has 1 heterocycles. The minimum Gasteiger partial charge on any atom is -0.406 e. The molecule has 19 heavy (non-hydrogen) atoms. The molecule has 2 rings (SSSR count). The molecule has 0 aliphatic heterocycles. The van der Waals surface area contributed by atoms with Crippen molar-refractivity contribution in [2.75, 3.05) is 0 Å². The summed E-state index contributed by atoms with van der Waals surface area (Å²) in [4.78, 5) is 4.04. The Morgan fingerprint density at radius 1 is 1.26 bits per heavy atom. The van der Waals surface area contributed by atoms with Crippen LogP contribution in [0.25, 0.3) is 5.69 Å². The van der Waals surface area contributed by atoms with Crippen molar-refractivity contribution >= 4 is 15.9 Å². The van der Waals surface area contributed by atoms with Gasteiger partial charge in [-0.2, -0.15) is 5.10 Å². The van der Waals surface area contributed by atoms with Crippen molar-refractivity contribution in [1.82, 2.24) is 14.8 Å². The van der Waals surface area contributed by atoms with Gasteiger partial charge in [-0.25, -0.2) is 9.67 Å². The minimum atomic E-state index is -4.69. The van der Waals surface area contributed by atoms with E-state index in [1.165, 1.54) is 35.3 Å². The Kier molecular flexibility index (Phi) is 3.79. The molecule has 1 aromatic heterocycles. The van der Waals surface area contributed by atoms with Gasteiger partial charge in [0.1, 0.15) is 17.9 Å². The van der Waals surface area contributed by atoms with Crippen LogP contribution in [0.15, 0.2) is 30.6 Å². The highest BCUT2D eigenvalue weighted by Gasteiger charge is 2.31. The quantitative estimate of drug-likeness (QED) is 0.804. The summed E-state index contributed by atoms with van der Waals surface area (Å²) < 4.78 is 41.4. The molecule has 0 saturated carbocycles. The lowest BCUT2D eigenvalue weighted by Gasteiger charge is -2.10. The Labute approximate surface area is 115 Å². The van der Waals surface area contributed by atoms with Crippen LogP contribution in [0.5, 0.6) is 5.75 Å². The number of nitrogens with zero attached hydrogens (tertiary/aromatic N) is 3. The fourth-order valence-corrected chi connectivity index (χ4v) is 1.82. The van der Waals surface area contributed by atoms with Gasteiger partial charge in [0, 0.05) is 0 Å². The van der Waals surface area contributed by atoms with Crippen LogP contribution < -0.4 is 4.74 Å². The van der Waals surface area contributed by atoms with Crippen LogP contribution in [0, 0.1) is 0 Å². The first kappa shape index (κ1) is 13.9. The Morgan fingerprint density at radius 3 is 2.42 bits per heavy atom. The number of hydrogen-bond acceptors (Lipinski definition) is 3. The van der Waals surface area contributed by atoms with Gasteiger partial charge < -0.3 is 4.74 Å². The van der Waals surface area contributed by atoms with Crippen LogP contribution in [-0.2, 0) is 0 Å². The summed E-state index contributed by atoms with van der Waals surface area (Å²) in [5.41, 5.74) is 0.605. The first-order chi connectivity index (χ1) is 8.87. The molecule has 1 unspecified atom stereocenters. The molecule has 0 fully saturated rings. The van der Waals surface area contributed by atoms with Gasteiger partial charge in [0.05, 0.1) is 10.5 Å². The Bertz CT molecular complexity index is 551. The van der Waals surface area contributed by atoms with E-state index in [2.05, 4.69) is 30.7 Å². The molecule has 1 atom stereocenters. The van der Waals surface area contributed by atoms with Crippen LogP contribution in [0.1, 0.15) is 17.6 Å². The van der Waals surface area contributed by atoms with Gasteiger partial charge in [0.25, 0.3) is 0 Å². The summed E-state index contributed by atoms with van der Waals surface area (Å²) in [6, 6.07) is 5.42. The number of halogens is 4. The summed E-state index contributed by atoms with van der Waals surface area (Å²) in [6.07, 6.45) is -3.31. The van der Waals surface area contributed by atoms with Crippen molar-refractivity contribution < 1.29 is 17.9 Å². The lowest BCUT2D eigenvalue weighted by Crippen LogP contribution is -2.17. The van der Waals surface area contributed by atoms with Crippen molar-refractivity contribution in [3.63, 3.8) is 0 Å². The van der Waals surface area contributed by atoms with Crippen LogP contribution in [0.4, 0.5) is 13.2 Å². The second-order valence-corrected chi connectivity index (χ2v) is 5.06. The van der Waals surface area contributed by atoms with E-state index in [0.29, 0.717) is 11.5 Å². The van der Waals surface area contributed by atoms with Crippen LogP contribution >= 0.6 is 15.9 Å². The van der Waals surface area contributed by atoms with Gasteiger partial charge in [0.2, 0.25) is 0 Å². The van der Waals surface area contributed by atoms with Crippen LogP contribution in [0.2, 0.25) is 0 Å². The van der Waals surface area contributed by atoms with Gasteiger partial charge >= 0.3 is 6.36 Å². The molecule has 2 aromatic rings. The van der Waals surface area contributed by atoms with Gasteiger partial charge in [-0.05, 0) is 31.2 Å². The van der Waals surface area contributed by atoms with E-state index in [0.717, 1.165) is 0 Å².